The predicted octanol–water partition coefficient (Wildman–Crippen LogP) is 3.09. The van der Waals surface area contributed by atoms with Crippen molar-refractivity contribution in [3.05, 3.63) is 41.8 Å². The Morgan fingerprint density at radius 1 is 1.07 bits per heavy atom. The summed E-state index contributed by atoms with van der Waals surface area (Å²) in [5, 5.41) is 0.400. The summed E-state index contributed by atoms with van der Waals surface area (Å²) in [4.78, 5) is 9.04. The third kappa shape index (κ3) is 2.05. The quantitative estimate of drug-likeness (QED) is 0.751. The van der Waals surface area contributed by atoms with E-state index in [4.69, 9.17) is 11.6 Å². The molecular formula is C10H7ClN2S. The van der Waals surface area contributed by atoms with Crippen molar-refractivity contribution in [1.82, 2.24) is 9.97 Å². The fourth-order valence-electron chi connectivity index (χ4n) is 1.11. The van der Waals surface area contributed by atoms with Crippen molar-refractivity contribution in [2.24, 2.45) is 0 Å². The van der Waals surface area contributed by atoms with E-state index in [0.717, 1.165) is 16.2 Å². The highest BCUT2D eigenvalue weighted by molar-refractivity contribution is 7.80. The van der Waals surface area contributed by atoms with E-state index in [1.807, 2.05) is 24.3 Å². The fraction of sp³-hybridized carbons (Fsp3) is 0. The first kappa shape index (κ1) is 9.49. The van der Waals surface area contributed by atoms with E-state index in [1.165, 1.54) is 6.20 Å². The molecule has 14 heavy (non-hydrogen) atoms. The van der Waals surface area contributed by atoms with Crippen LogP contribution in [0.25, 0.3) is 11.3 Å². The van der Waals surface area contributed by atoms with Crippen molar-refractivity contribution >= 4 is 24.2 Å². The zero-order chi connectivity index (χ0) is 9.97. The van der Waals surface area contributed by atoms with E-state index >= 15 is 0 Å². The van der Waals surface area contributed by atoms with Crippen LogP contribution in [0.5, 0.6) is 0 Å². The molecule has 1 aromatic carbocycles. The molecular weight excluding hydrogens is 216 g/mol. The van der Waals surface area contributed by atoms with Gasteiger partial charge in [-0.3, -0.25) is 4.98 Å². The van der Waals surface area contributed by atoms with Crippen LogP contribution < -0.4 is 0 Å². The van der Waals surface area contributed by atoms with E-state index in [9.17, 15) is 0 Å². The van der Waals surface area contributed by atoms with Gasteiger partial charge in [0.2, 0.25) is 0 Å². The van der Waals surface area contributed by atoms with Gasteiger partial charge < -0.3 is 0 Å². The Morgan fingerprint density at radius 2 is 1.79 bits per heavy atom. The molecule has 0 N–H and O–H groups in total. The minimum absolute atomic E-state index is 0.400. The molecule has 0 amide bonds. The van der Waals surface area contributed by atoms with Crippen LogP contribution in [-0.2, 0) is 0 Å². The maximum atomic E-state index is 5.74. The number of hydrogen-bond acceptors (Lipinski definition) is 3. The topological polar surface area (TPSA) is 25.8 Å². The summed E-state index contributed by atoms with van der Waals surface area (Å²) in [6, 6.07) is 7.67. The summed E-state index contributed by atoms with van der Waals surface area (Å²) in [5.74, 6) is 0. The van der Waals surface area contributed by atoms with E-state index < -0.39 is 0 Å². The number of benzene rings is 1. The zero-order valence-electron chi connectivity index (χ0n) is 7.18. The molecule has 2 rings (SSSR count). The maximum Gasteiger partial charge on any atom is 0.148 e. The Hall–Kier alpha value is -1.06. The molecule has 1 heterocycles. The minimum atomic E-state index is 0.400. The summed E-state index contributed by atoms with van der Waals surface area (Å²) in [6.07, 6.45) is 3.19. The van der Waals surface area contributed by atoms with E-state index in [0.29, 0.717) is 5.15 Å². The highest BCUT2D eigenvalue weighted by Gasteiger charge is 1.99. The van der Waals surface area contributed by atoms with Gasteiger partial charge in [-0.25, -0.2) is 4.98 Å². The number of aromatic nitrogens is 2. The van der Waals surface area contributed by atoms with Crippen LogP contribution in [0.2, 0.25) is 5.15 Å². The van der Waals surface area contributed by atoms with Gasteiger partial charge in [-0.15, -0.1) is 12.6 Å². The van der Waals surface area contributed by atoms with Gasteiger partial charge >= 0.3 is 0 Å². The average Bonchev–Trinajstić information content (AvgIpc) is 2.19. The highest BCUT2D eigenvalue weighted by Crippen LogP contribution is 2.19. The van der Waals surface area contributed by atoms with Crippen molar-refractivity contribution in [2.75, 3.05) is 0 Å². The molecule has 4 heteroatoms. The van der Waals surface area contributed by atoms with Gasteiger partial charge in [-0.05, 0) is 12.1 Å². The molecule has 70 valence electrons. The second-order valence-corrected chi connectivity index (χ2v) is 3.68. The highest BCUT2D eigenvalue weighted by atomic mass is 35.5. The standard InChI is InChI=1S/C10H7ClN2S/c11-10-6-12-5-9(13-10)7-1-3-8(14)4-2-7/h1-6,14H. The molecule has 2 nitrogen and oxygen atoms in total. The first-order valence-corrected chi connectivity index (χ1v) is 4.85. The normalized spacial score (nSPS) is 10.1. The van der Waals surface area contributed by atoms with Crippen LogP contribution in [0.1, 0.15) is 0 Å². The van der Waals surface area contributed by atoms with Crippen LogP contribution in [0.3, 0.4) is 0 Å². The van der Waals surface area contributed by atoms with Gasteiger partial charge in [0, 0.05) is 10.5 Å². The average molecular weight is 223 g/mol. The number of nitrogens with zero attached hydrogens (tertiary/aromatic N) is 2. The van der Waals surface area contributed by atoms with Crippen molar-refractivity contribution in [3.8, 4) is 11.3 Å². The smallest absolute Gasteiger partial charge is 0.148 e. The van der Waals surface area contributed by atoms with Crippen LogP contribution in [0.15, 0.2) is 41.6 Å². The van der Waals surface area contributed by atoms with Crippen molar-refractivity contribution in [1.29, 1.82) is 0 Å². The second kappa shape index (κ2) is 3.98. The number of rotatable bonds is 1. The first-order chi connectivity index (χ1) is 6.75. The second-order valence-electron chi connectivity index (χ2n) is 2.77. The summed E-state index contributed by atoms with van der Waals surface area (Å²) in [7, 11) is 0. The zero-order valence-corrected chi connectivity index (χ0v) is 8.83. The summed E-state index contributed by atoms with van der Waals surface area (Å²) < 4.78 is 0. The Labute approximate surface area is 92.4 Å². The van der Waals surface area contributed by atoms with Crippen LogP contribution in [0, 0.1) is 0 Å². The monoisotopic (exact) mass is 222 g/mol. The Kier molecular flexibility index (Phi) is 2.70. The van der Waals surface area contributed by atoms with E-state index in [2.05, 4.69) is 22.6 Å². The number of thiol groups is 1. The lowest BCUT2D eigenvalue weighted by Gasteiger charge is -2.00. The molecule has 0 fully saturated rings. The van der Waals surface area contributed by atoms with Crippen LogP contribution in [0.4, 0.5) is 0 Å². The van der Waals surface area contributed by atoms with Crippen molar-refractivity contribution in [3.63, 3.8) is 0 Å². The van der Waals surface area contributed by atoms with Gasteiger partial charge in [-0.1, -0.05) is 23.7 Å². The van der Waals surface area contributed by atoms with Gasteiger partial charge in [-0.2, -0.15) is 0 Å². The first-order valence-electron chi connectivity index (χ1n) is 4.02. The maximum absolute atomic E-state index is 5.74. The fourth-order valence-corrected chi connectivity index (χ4v) is 1.41. The van der Waals surface area contributed by atoms with Crippen LogP contribution >= 0.6 is 24.2 Å². The molecule has 0 atom stereocenters. The Bertz CT molecular complexity index is 442. The molecule has 0 aliphatic carbocycles. The largest absolute Gasteiger partial charge is 0.259 e. The number of halogens is 1. The lowest BCUT2D eigenvalue weighted by molar-refractivity contribution is 1.20. The summed E-state index contributed by atoms with van der Waals surface area (Å²) in [6.45, 7) is 0. The Balaban J connectivity index is 2.44. The Morgan fingerprint density at radius 3 is 2.43 bits per heavy atom. The number of hydrogen-bond donors (Lipinski definition) is 1. The van der Waals surface area contributed by atoms with Gasteiger partial charge in [0.25, 0.3) is 0 Å². The van der Waals surface area contributed by atoms with Crippen LogP contribution in [-0.4, -0.2) is 9.97 Å². The molecule has 0 unspecified atom stereocenters. The molecule has 0 saturated carbocycles. The molecule has 2 aromatic rings. The third-order valence-electron chi connectivity index (χ3n) is 1.77. The molecule has 0 bridgehead atoms. The molecule has 0 spiro atoms. The predicted molar refractivity (Wildman–Crippen MR) is 59.7 cm³/mol. The van der Waals surface area contributed by atoms with Gasteiger partial charge in [0.1, 0.15) is 5.15 Å². The summed E-state index contributed by atoms with van der Waals surface area (Å²) in [5.41, 5.74) is 1.75. The van der Waals surface area contributed by atoms with E-state index in [-0.39, 0.29) is 0 Å². The SMILES string of the molecule is Sc1ccc(-c2cncc(Cl)n2)cc1. The molecule has 0 saturated heterocycles. The molecule has 0 radical (unpaired) electrons. The molecule has 1 aromatic heterocycles. The van der Waals surface area contributed by atoms with E-state index in [1.54, 1.807) is 6.20 Å². The lowest BCUT2D eigenvalue weighted by Crippen LogP contribution is -1.85. The van der Waals surface area contributed by atoms with Crippen molar-refractivity contribution in [2.45, 2.75) is 4.90 Å². The van der Waals surface area contributed by atoms with Crippen molar-refractivity contribution < 1.29 is 0 Å². The minimum Gasteiger partial charge on any atom is -0.259 e. The van der Waals surface area contributed by atoms with Gasteiger partial charge in [0.15, 0.2) is 0 Å². The third-order valence-corrected chi connectivity index (χ3v) is 2.25. The lowest BCUT2D eigenvalue weighted by atomic mass is 10.2. The molecule has 0 aliphatic heterocycles. The van der Waals surface area contributed by atoms with Gasteiger partial charge in [0.05, 0.1) is 18.1 Å². The summed E-state index contributed by atoms with van der Waals surface area (Å²) >= 11 is 9.94. The molecule has 0 aliphatic rings.